The van der Waals surface area contributed by atoms with Gasteiger partial charge in [0, 0.05) is 5.56 Å². The van der Waals surface area contributed by atoms with Crippen molar-refractivity contribution >= 4 is 6.21 Å². The summed E-state index contributed by atoms with van der Waals surface area (Å²) in [5, 5.41) is 16.1. The van der Waals surface area contributed by atoms with Crippen LogP contribution in [0.5, 0.6) is 5.75 Å². The maximum atomic E-state index is 9.46. The highest BCUT2D eigenvalue weighted by atomic mass is 16.3. The number of rotatable bonds is 4. The zero-order valence-corrected chi connectivity index (χ0v) is 13.6. The topological polar surface area (TPSA) is 40.3 Å². The third kappa shape index (κ3) is 4.57. The van der Waals surface area contributed by atoms with Crippen LogP contribution in [0.3, 0.4) is 0 Å². The van der Waals surface area contributed by atoms with Crippen molar-refractivity contribution in [1.29, 1.82) is 0 Å². The van der Waals surface area contributed by atoms with Crippen molar-refractivity contribution in [1.82, 2.24) is 5.01 Å². The fourth-order valence-electron chi connectivity index (χ4n) is 2.85. The average molecular weight is 310 g/mol. The molecule has 0 spiro atoms. The molecule has 0 aliphatic carbocycles. The predicted octanol–water partition coefficient (Wildman–Crippen LogP) is 1.44. The number of quaternary nitrogens is 1. The molecule has 2 N–H and O–H groups in total. The second kappa shape index (κ2) is 7.29. The van der Waals surface area contributed by atoms with Crippen LogP contribution in [0.25, 0.3) is 0 Å². The molecule has 0 bridgehead atoms. The van der Waals surface area contributed by atoms with Crippen molar-refractivity contribution in [2.75, 3.05) is 26.2 Å². The molecule has 1 fully saturated rings. The number of aromatic hydroxyl groups is 1. The van der Waals surface area contributed by atoms with E-state index in [4.69, 9.17) is 0 Å². The van der Waals surface area contributed by atoms with Gasteiger partial charge < -0.3 is 10.0 Å². The number of piperazine rings is 1. The van der Waals surface area contributed by atoms with E-state index in [1.54, 1.807) is 17.0 Å². The van der Waals surface area contributed by atoms with Crippen LogP contribution in [0, 0.1) is 6.92 Å². The van der Waals surface area contributed by atoms with Crippen molar-refractivity contribution in [3.05, 3.63) is 65.2 Å². The van der Waals surface area contributed by atoms with Gasteiger partial charge in [-0.25, -0.2) is 0 Å². The van der Waals surface area contributed by atoms with Crippen LogP contribution in [-0.4, -0.2) is 42.5 Å². The van der Waals surface area contributed by atoms with Gasteiger partial charge in [0.05, 0.1) is 32.4 Å². The summed E-state index contributed by atoms with van der Waals surface area (Å²) in [4.78, 5) is 1.61. The minimum Gasteiger partial charge on any atom is -0.508 e. The average Bonchev–Trinajstić information content (AvgIpc) is 2.56. The molecule has 0 radical (unpaired) electrons. The Balaban J connectivity index is 1.49. The molecule has 120 valence electrons. The summed E-state index contributed by atoms with van der Waals surface area (Å²) in [6.45, 7) is 7.35. The minimum atomic E-state index is 0.279. The third-order valence-electron chi connectivity index (χ3n) is 4.26. The normalized spacial score (nSPS) is 16.1. The summed E-state index contributed by atoms with van der Waals surface area (Å²) >= 11 is 0. The number of phenolic OH excluding ortho intramolecular Hbond substituents is 1. The Bertz CT molecular complexity index is 659. The van der Waals surface area contributed by atoms with Gasteiger partial charge in [0.25, 0.3) is 0 Å². The number of hydrogen-bond acceptors (Lipinski definition) is 3. The van der Waals surface area contributed by atoms with Crippen LogP contribution in [0.4, 0.5) is 0 Å². The monoisotopic (exact) mass is 310 g/mol. The van der Waals surface area contributed by atoms with Gasteiger partial charge in [-0.3, -0.25) is 5.01 Å². The molecule has 4 nitrogen and oxygen atoms in total. The largest absolute Gasteiger partial charge is 0.508 e. The molecule has 1 aliphatic rings. The van der Waals surface area contributed by atoms with E-state index in [-0.39, 0.29) is 5.75 Å². The summed E-state index contributed by atoms with van der Waals surface area (Å²) < 4.78 is 0. The first-order chi connectivity index (χ1) is 11.2. The molecule has 3 rings (SSSR count). The number of nitrogens with one attached hydrogen (secondary N) is 1. The molecule has 1 saturated heterocycles. The van der Waals surface area contributed by atoms with E-state index in [0.29, 0.717) is 0 Å². The Labute approximate surface area is 137 Å². The van der Waals surface area contributed by atoms with Crippen LogP contribution >= 0.6 is 0 Å². The standard InChI is InChI=1S/C19H23N3O/c1-16-5-7-17(8-6-16)15-21-9-11-22(12-10-21)20-14-18-3-2-4-19(23)13-18/h2-8,13-14,23H,9-12,15H2,1H3/p+1. The molecule has 2 aromatic carbocycles. The lowest BCUT2D eigenvalue weighted by Gasteiger charge is -2.30. The maximum Gasteiger partial charge on any atom is 0.116 e. The van der Waals surface area contributed by atoms with Gasteiger partial charge in [-0.1, -0.05) is 42.0 Å². The first kappa shape index (κ1) is 15.6. The predicted molar refractivity (Wildman–Crippen MR) is 92.9 cm³/mol. The summed E-state index contributed by atoms with van der Waals surface area (Å²) in [6, 6.07) is 16.0. The number of benzene rings is 2. The van der Waals surface area contributed by atoms with E-state index in [0.717, 1.165) is 38.3 Å². The van der Waals surface area contributed by atoms with Gasteiger partial charge in [-0.2, -0.15) is 5.10 Å². The lowest BCUT2D eigenvalue weighted by molar-refractivity contribution is -0.918. The number of aryl methyl sites for hydroxylation is 1. The molecule has 0 atom stereocenters. The van der Waals surface area contributed by atoms with Gasteiger partial charge in [-0.15, -0.1) is 0 Å². The molecule has 0 aromatic heterocycles. The van der Waals surface area contributed by atoms with E-state index in [2.05, 4.69) is 41.3 Å². The number of hydrazone groups is 1. The van der Waals surface area contributed by atoms with Crippen molar-refractivity contribution in [3.63, 3.8) is 0 Å². The highest BCUT2D eigenvalue weighted by Gasteiger charge is 2.18. The van der Waals surface area contributed by atoms with Crippen molar-refractivity contribution in [2.45, 2.75) is 13.5 Å². The van der Waals surface area contributed by atoms with Crippen molar-refractivity contribution in [2.24, 2.45) is 5.10 Å². The molecular weight excluding hydrogens is 286 g/mol. The molecule has 1 aliphatic heterocycles. The Kier molecular flexibility index (Phi) is 4.93. The SMILES string of the molecule is Cc1ccc(C[NH+]2CCN(N=Cc3cccc(O)c3)CC2)cc1. The summed E-state index contributed by atoms with van der Waals surface area (Å²) in [5.41, 5.74) is 3.65. The van der Waals surface area contributed by atoms with Gasteiger partial charge in [0.2, 0.25) is 0 Å². The van der Waals surface area contributed by atoms with Crippen LogP contribution in [0.1, 0.15) is 16.7 Å². The first-order valence-electron chi connectivity index (χ1n) is 8.16. The molecule has 4 heteroatoms. The smallest absolute Gasteiger partial charge is 0.116 e. The second-order valence-electron chi connectivity index (χ2n) is 6.21. The highest BCUT2D eigenvalue weighted by Crippen LogP contribution is 2.09. The van der Waals surface area contributed by atoms with Crippen LogP contribution in [-0.2, 0) is 6.54 Å². The quantitative estimate of drug-likeness (QED) is 0.839. The molecule has 2 aromatic rings. The van der Waals surface area contributed by atoms with E-state index in [9.17, 15) is 5.11 Å². The van der Waals surface area contributed by atoms with Gasteiger partial charge in [0.15, 0.2) is 0 Å². The van der Waals surface area contributed by atoms with E-state index >= 15 is 0 Å². The Morgan fingerprint density at radius 2 is 1.87 bits per heavy atom. The molecule has 23 heavy (non-hydrogen) atoms. The molecular formula is C19H24N3O+. The number of nitrogens with zero attached hydrogens (tertiary/aromatic N) is 2. The van der Waals surface area contributed by atoms with E-state index in [1.807, 2.05) is 18.3 Å². The minimum absolute atomic E-state index is 0.279. The lowest BCUT2D eigenvalue weighted by Crippen LogP contribution is -3.13. The summed E-state index contributed by atoms with van der Waals surface area (Å²) in [7, 11) is 0. The van der Waals surface area contributed by atoms with Crippen molar-refractivity contribution < 1.29 is 10.0 Å². The lowest BCUT2D eigenvalue weighted by atomic mass is 10.1. The first-order valence-corrected chi connectivity index (χ1v) is 8.16. The van der Waals surface area contributed by atoms with Crippen LogP contribution in [0.15, 0.2) is 53.6 Å². The molecule has 1 heterocycles. The Morgan fingerprint density at radius 3 is 2.57 bits per heavy atom. The van der Waals surface area contributed by atoms with Gasteiger partial charge in [0.1, 0.15) is 12.3 Å². The van der Waals surface area contributed by atoms with Gasteiger partial charge in [-0.05, 0) is 24.6 Å². The molecule has 0 amide bonds. The van der Waals surface area contributed by atoms with Gasteiger partial charge >= 0.3 is 0 Å². The maximum absolute atomic E-state index is 9.46. The van der Waals surface area contributed by atoms with E-state index < -0.39 is 0 Å². The third-order valence-corrected chi connectivity index (χ3v) is 4.26. The molecule has 0 unspecified atom stereocenters. The summed E-state index contributed by atoms with van der Waals surface area (Å²) in [5.74, 6) is 0.279. The number of hydrogen-bond donors (Lipinski definition) is 2. The second-order valence-corrected chi connectivity index (χ2v) is 6.21. The fraction of sp³-hybridized carbons (Fsp3) is 0.316. The Hall–Kier alpha value is -2.33. The molecule has 0 saturated carbocycles. The van der Waals surface area contributed by atoms with Crippen LogP contribution in [0.2, 0.25) is 0 Å². The number of phenols is 1. The fourth-order valence-corrected chi connectivity index (χ4v) is 2.85. The zero-order chi connectivity index (χ0) is 16.1. The van der Waals surface area contributed by atoms with E-state index in [1.165, 1.54) is 11.1 Å². The highest BCUT2D eigenvalue weighted by molar-refractivity contribution is 5.79. The Morgan fingerprint density at radius 1 is 1.13 bits per heavy atom. The van der Waals surface area contributed by atoms with Crippen molar-refractivity contribution in [3.8, 4) is 5.75 Å². The zero-order valence-electron chi connectivity index (χ0n) is 13.6. The summed E-state index contributed by atoms with van der Waals surface area (Å²) in [6.07, 6.45) is 1.82. The van der Waals surface area contributed by atoms with Crippen LogP contribution < -0.4 is 4.90 Å².